The number of benzene rings is 1. The Bertz CT molecular complexity index is 1030. The Labute approximate surface area is 155 Å². The van der Waals surface area contributed by atoms with Crippen LogP contribution in [0.3, 0.4) is 0 Å². The summed E-state index contributed by atoms with van der Waals surface area (Å²) < 4.78 is 1.60. The zero-order chi connectivity index (χ0) is 19.0. The molecule has 1 aliphatic carbocycles. The second-order valence-corrected chi connectivity index (χ2v) is 6.77. The Hall–Kier alpha value is -3.29. The van der Waals surface area contributed by atoms with Crippen molar-refractivity contribution in [2.75, 3.05) is 0 Å². The van der Waals surface area contributed by atoms with E-state index in [0.29, 0.717) is 18.5 Å². The number of carboxylic acid groups (broad SMARTS) is 1. The molecule has 27 heavy (non-hydrogen) atoms. The van der Waals surface area contributed by atoms with Crippen LogP contribution in [0, 0.1) is 12.8 Å². The molecular formula is C19H19N5O3. The van der Waals surface area contributed by atoms with E-state index in [1.165, 1.54) is 0 Å². The Balaban J connectivity index is 1.59. The number of aliphatic carboxylic acids is 1. The maximum atomic E-state index is 12.6. The number of pyridine rings is 1. The van der Waals surface area contributed by atoms with Crippen LogP contribution in [0.15, 0.2) is 36.5 Å². The predicted molar refractivity (Wildman–Crippen MR) is 97.6 cm³/mol. The van der Waals surface area contributed by atoms with Crippen molar-refractivity contribution in [3.63, 3.8) is 0 Å². The third-order valence-corrected chi connectivity index (χ3v) is 5.09. The maximum Gasteiger partial charge on any atom is 0.308 e. The molecule has 4 rings (SSSR count). The van der Waals surface area contributed by atoms with E-state index < -0.39 is 11.9 Å². The molecule has 2 aromatic heterocycles. The van der Waals surface area contributed by atoms with Crippen LogP contribution in [0.5, 0.6) is 0 Å². The van der Waals surface area contributed by atoms with Gasteiger partial charge in [-0.05, 0) is 44.0 Å². The van der Waals surface area contributed by atoms with Gasteiger partial charge in [0.15, 0.2) is 5.69 Å². The van der Waals surface area contributed by atoms with Gasteiger partial charge in [-0.1, -0.05) is 17.7 Å². The van der Waals surface area contributed by atoms with Crippen molar-refractivity contribution in [2.24, 2.45) is 5.92 Å². The van der Waals surface area contributed by atoms with Crippen molar-refractivity contribution in [2.45, 2.75) is 32.2 Å². The lowest BCUT2D eigenvalue weighted by atomic mass is 10.0. The van der Waals surface area contributed by atoms with Gasteiger partial charge in [0.1, 0.15) is 0 Å². The first-order valence-electron chi connectivity index (χ1n) is 8.86. The Morgan fingerprint density at radius 3 is 2.93 bits per heavy atom. The molecule has 1 saturated carbocycles. The molecule has 0 saturated heterocycles. The first kappa shape index (κ1) is 17.1. The molecule has 8 nitrogen and oxygen atoms in total. The summed E-state index contributed by atoms with van der Waals surface area (Å²) in [6, 6.07) is 9.14. The zero-order valence-electron chi connectivity index (χ0n) is 14.8. The molecular weight excluding hydrogens is 346 g/mol. The third-order valence-electron chi connectivity index (χ3n) is 5.09. The molecule has 2 heterocycles. The number of carbonyl (C=O) groups excluding carboxylic acids is 1. The van der Waals surface area contributed by atoms with Crippen LogP contribution in [0.25, 0.3) is 16.6 Å². The number of aromatic nitrogens is 4. The van der Waals surface area contributed by atoms with E-state index in [9.17, 15) is 14.7 Å². The monoisotopic (exact) mass is 365 g/mol. The van der Waals surface area contributed by atoms with Gasteiger partial charge < -0.3 is 10.4 Å². The molecule has 3 aromatic rings. The Morgan fingerprint density at radius 1 is 1.26 bits per heavy atom. The Morgan fingerprint density at radius 2 is 2.11 bits per heavy atom. The summed E-state index contributed by atoms with van der Waals surface area (Å²) in [5.74, 6) is -1.81. The van der Waals surface area contributed by atoms with Crippen LogP contribution < -0.4 is 5.32 Å². The summed E-state index contributed by atoms with van der Waals surface area (Å²) in [6.07, 6.45) is 3.77. The van der Waals surface area contributed by atoms with Crippen LogP contribution in [-0.4, -0.2) is 43.0 Å². The van der Waals surface area contributed by atoms with Crippen LogP contribution in [0.1, 0.15) is 35.4 Å². The first-order chi connectivity index (χ1) is 13.0. The van der Waals surface area contributed by atoms with Gasteiger partial charge >= 0.3 is 5.97 Å². The molecule has 1 aliphatic rings. The fourth-order valence-corrected chi connectivity index (χ4v) is 3.64. The molecule has 2 N–H and O–H groups in total. The number of rotatable bonds is 4. The highest BCUT2D eigenvalue weighted by atomic mass is 16.4. The number of hydrogen-bond donors (Lipinski definition) is 2. The van der Waals surface area contributed by atoms with Gasteiger partial charge in [0.25, 0.3) is 5.91 Å². The minimum absolute atomic E-state index is 0.206. The predicted octanol–water partition coefficient (Wildman–Crippen LogP) is 2.11. The SMILES string of the molecule is Cc1c(C(=O)N[C@@H]2CCC[C@@H]2C(=O)O)nnn1-c1ccc2ncccc2c1. The zero-order valence-corrected chi connectivity index (χ0v) is 14.8. The molecule has 0 bridgehead atoms. The molecule has 0 aliphatic heterocycles. The number of carboxylic acids is 1. The molecule has 1 aromatic carbocycles. The average molecular weight is 365 g/mol. The standard InChI is InChI=1S/C19H19N5O3/c1-11-17(18(25)21-16-6-2-5-14(16)19(26)27)22-23-24(11)13-7-8-15-12(10-13)4-3-9-20-15/h3-4,7-10,14,16H,2,5-6H2,1H3,(H,21,25)(H,26,27)/t14-,16+/m0/s1. The van der Waals surface area contributed by atoms with Gasteiger partial charge in [-0.25, -0.2) is 4.68 Å². The first-order valence-corrected chi connectivity index (χ1v) is 8.86. The van der Waals surface area contributed by atoms with Crippen molar-refractivity contribution in [3.8, 4) is 5.69 Å². The normalized spacial score (nSPS) is 19.3. The van der Waals surface area contributed by atoms with E-state index in [1.54, 1.807) is 17.8 Å². The van der Waals surface area contributed by atoms with Gasteiger partial charge in [0, 0.05) is 17.6 Å². The highest BCUT2D eigenvalue weighted by Gasteiger charge is 2.34. The largest absolute Gasteiger partial charge is 0.481 e. The van der Waals surface area contributed by atoms with Crippen molar-refractivity contribution >= 4 is 22.8 Å². The summed E-state index contributed by atoms with van der Waals surface area (Å²) >= 11 is 0. The molecule has 8 heteroatoms. The number of hydrogen-bond acceptors (Lipinski definition) is 5. The maximum absolute atomic E-state index is 12.6. The third kappa shape index (κ3) is 3.14. The number of nitrogens with zero attached hydrogens (tertiary/aromatic N) is 4. The van der Waals surface area contributed by atoms with Crippen molar-refractivity contribution in [1.29, 1.82) is 0 Å². The van der Waals surface area contributed by atoms with Crippen molar-refractivity contribution in [1.82, 2.24) is 25.3 Å². The van der Waals surface area contributed by atoms with Gasteiger partial charge in [-0.15, -0.1) is 5.10 Å². The molecule has 0 radical (unpaired) electrons. The van der Waals surface area contributed by atoms with Gasteiger partial charge in [-0.3, -0.25) is 14.6 Å². The second kappa shape index (κ2) is 6.79. The van der Waals surface area contributed by atoms with E-state index in [4.69, 9.17) is 0 Å². The van der Waals surface area contributed by atoms with Gasteiger partial charge in [0.05, 0.1) is 22.8 Å². The van der Waals surface area contributed by atoms with Gasteiger partial charge in [-0.2, -0.15) is 0 Å². The highest BCUT2D eigenvalue weighted by Crippen LogP contribution is 2.26. The fraction of sp³-hybridized carbons (Fsp3) is 0.316. The molecule has 138 valence electrons. The van der Waals surface area contributed by atoms with E-state index in [0.717, 1.165) is 23.0 Å². The molecule has 0 unspecified atom stereocenters. The molecule has 1 amide bonds. The van der Waals surface area contributed by atoms with Crippen molar-refractivity contribution in [3.05, 3.63) is 47.9 Å². The van der Waals surface area contributed by atoms with Gasteiger partial charge in [0.2, 0.25) is 0 Å². The lowest BCUT2D eigenvalue weighted by Gasteiger charge is -2.16. The minimum Gasteiger partial charge on any atom is -0.481 e. The average Bonchev–Trinajstić information content (AvgIpc) is 3.28. The fourth-order valence-electron chi connectivity index (χ4n) is 3.64. The smallest absolute Gasteiger partial charge is 0.308 e. The molecule has 0 spiro atoms. The topological polar surface area (TPSA) is 110 Å². The van der Waals surface area contributed by atoms with Crippen LogP contribution in [0.2, 0.25) is 0 Å². The summed E-state index contributed by atoms with van der Waals surface area (Å²) in [6.45, 7) is 1.77. The quantitative estimate of drug-likeness (QED) is 0.733. The van der Waals surface area contributed by atoms with E-state index >= 15 is 0 Å². The van der Waals surface area contributed by atoms with Crippen LogP contribution >= 0.6 is 0 Å². The van der Waals surface area contributed by atoms with E-state index in [2.05, 4.69) is 20.6 Å². The highest BCUT2D eigenvalue weighted by molar-refractivity contribution is 5.94. The molecule has 1 fully saturated rings. The Kier molecular flexibility index (Phi) is 4.31. The molecule has 2 atom stereocenters. The summed E-state index contributed by atoms with van der Waals surface area (Å²) in [4.78, 5) is 28.2. The lowest BCUT2D eigenvalue weighted by Crippen LogP contribution is -2.40. The van der Waals surface area contributed by atoms with Crippen molar-refractivity contribution < 1.29 is 14.7 Å². The summed E-state index contributed by atoms with van der Waals surface area (Å²) in [5.41, 5.74) is 2.46. The number of amides is 1. The number of carbonyl (C=O) groups is 2. The van der Waals surface area contributed by atoms with E-state index in [-0.39, 0.29) is 17.6 Å². The van der Waals surface area contributed by atoms with Crippen LogP contribution in [-0.2, 0) is 4.79 Å². The number of fused-ring (bicyclic) bond motifs is 1. The minimum atomic E-state index is -0.872. The number of nitrogens with one attached hydrogen (secondary N) is 1. The van der Waals surface area contributed by atoms with Crippen LogP contribution in [0.4, 0.5) is 0 Å². The summed E-state index contributed by atoms with van der Waals surface area (Å²) in [7, 11) is 0. The lowest BCUT2D eigenvalue weighted by molar-refractivity contribution is -0.142. The summed E-state index contributed by atoms with van der Waals surface area (Å²) in [5, 5.41) is 21.2. The second-order valence-electron chi connectivity index (χ2n) is 6.77. The van der Waals surface area contributed by atoms with E-state index in [1.807, 2.05) is 30.3 Å².